The number of nitrogens with two attached hydrogens (primary N) is 1. The fourth-order valence-electron chi connectivity index (χ4n) is 3.33. The molecule has 2 atom stereocenters. The van der Waals surface area contributed by atoms with Gasteiger partial charge < -0.3 is 5.73 Å². The van der Waals surface area contributed by atoms with Crippen LogP contribution in [-0.4, -0.2) is 5.54 Å². The van der Waals surface area contributed by atoms with Gasteiger partial charge in [0.25, 0.3) is 0 Å². The zero-order valence-electron chi connectivity index (χ0n) is 12.3. The first-order chi connectivity index (χ1) is 7.68. The van der Waals surface area contributed by atoms with Gasteiger partial charge in [-0.05, 0) is 56.8 Å². The van der Waals surface area contributed by atoms with Crippen molar-refractivity contribution in [3.8, 4) is 11.8 Å². The molecule has 1 nitrogen and oxygen atoms in total. The molecule has 1 aliphatic rings. The zero-order chi connectivity index (χ0) is 13.1. The third kappa shape index (κ3) is 6.13. The molecular formula is C16H29N. The van der Waals surface area contributed by atoms with Crippen LogP contribution in [0, 0.1) is 29.1 Å². The zero-order valence-corrected chi connectivity index (χ0v) is 12.3. The van der Waals surface area contributed by atoms with Crippen molar-refractivity contribution in [2.24, 2.45) is 23.0 Å². The van der Waals surface area contributed by atoms with Crippen molar-refractivity contribution in [3.05, 3.63) is 0 Å². The van der Waals surface area contributed by atoms with Crippen LogP contribution in [0.1, 0.15) is 66.7 Å². The van der Waals surface area contributed by atoms with E-state index in [0.717, 1.165) is 18.3 Å². The lowest BCUT2D eigenvalue weighted by Gasteiger charge is -2.39. The second-order valence-electron chi connectivity index (χ2n) is 7.34. The molecule has 17 heavy (non-hydrogen) atoms. The van der Waals surface area contributed by atoms with Gasteiger partial charge in [0.2, 0.25) is 0 Å². The Kier molecular flexibility index (Phi) is 4.67. The van der Waals surface area contributed by atoms with E-state index < -0.39 is 0 Å². The van der Waals surface area contributed by atoms with Gasteiger partial charge in [0.05, 0.1) is 5.54 Å². The van der Waals surface area contributed by atoms with Crippen molar-refractivity contribution in [1.29, 1.82) is 0 Å². The van der Waals surface area contributed by atoms with E-state index >= 15 is 0 Å². The largest absolute Gasteiger partial charge is 0.316 e. The summed E-state index contributed by atoms with van der Waals surface area (Å²) in [5.74, 6) is 8.10. The Labute approximate surface area is 108 Å². The lowest BCUT2D eigenvalue weighted by Crippen LogP contribution is -2.29. The topological polar surface area (TPSA) is 26.0 Å². The first-order valence-electron chi connectivity index (χ1n) is 6.97. The second kappa shape index (κ2) is 5.44. The van der Waals surface area contributed by atoms with Gasteiger partial charge in [-0.25, -0.2) is 0 Å². The summed E-state index contributed by atoms with van der Waals surface area (Å²) < 4.78 is 0. The summed E-state index contributed by atoms with van der Waals surface area (Å²) in [7, 11) is 0. The van der Waals surface area contributed by atoms with Crippen LogP contribution >= 0.6 is 0 Å². The molecule has 0 heterocycles. The highest BCUT2D eigenvalue weighted by Gasteiger charge is 2.31. The molecule has 0 saturated heterocycles. The molecule has 0 aromatic rings. The summed E-state index contributed by atoms with van der Waals surface area (Å²) >= 11 is 0. The summed E-state index contributed by atoms with van der Waals surface area (Å²) in [5.41, 5.74) is 6.04. The molecule has 0 spiro atoms. The molecule has 1 heteroatoms. The molecule has 0 aromatic carbocycles. The van der Waals surface area contributed by atoms with Crippen LogP contribution in [0.15, 0.2) is 0 Å². The molecule has 2 N–H and O–H groups in total. The van der Waals surface area contributed by atoms with Crippen LogP contribution in [0.5, 0.6) is 0 Å². The third-order valence-corrected chi connectivity index (χ3v) is 3.57. The van der Waals surface area contributed by atoms with Gasteiger partial charge in [-0.15, -0.1) is 5.92 Å². The number of hydrogen-bond donors (Lipinski definition) is 1. The quantitative estimate of drug-likeness (QED) is 0.720. The number of hydrogen-bond acceptors (Lipinski definition) is 1. The Bertz CT molecular complexity index is 298. The Morgan fingerprint density at radius 2 is 1.94 bits per heavy atom. The maximum Gasteiger partial charge on any atom is 0.0719 e. The van der Waals surface area contributed by atoms with Crippen molar-refractivity contribution in [2.75, 3.05) is 0 Å². The SMILES string of the molecule is CC1CC(CCC#CC(C)(C)N)CC(C)(C)C1. The minimum atomic E-state index is -0.334. The van der Waals surface area contributed by atoms with E-state index in [-0.39, 0.29) is 5.54 Å². The van der Waals surface area contributed by atoms with Gasteiger partial charge in [0.1, 0.15) is 0 Å². The standard InChI is InChI=1S/C16H29N/c1-13-10-14(12-15(2,3)11-13)8-6-7-9-16(4,5)17/h13-14H,6,8,10-12,17H2,1-5H3. The van der Waals surface area contributed by atoms with E-state index in [1.807, 2.05) is 13.8 Å². The molecule has 0 aliphatic heterocycles. The molecule has 1 saturated carbocycles. The summed E-state index contributed by atoms with van der Waals surface area (Å²) in [5, 5.41) is 0. The highest BCUT2D eigenvalue weighted by molar-refractivity contribution is 5.12. The van der Waals surface area contributed by atoms with E-state index in [4.69, 9.17) is 5.73 Å². The van der Waals surface area contributed by atoms with E-state index in [1.165, 1.54) is 25.7 Å². The van der Waals surface area contributed by atoms with Gasteiger partial charge in [-0.1, -0.05) is 26.7 Å². The summed E-state index contributed by atoms with van der Waals surface area (Å²) in [6, 6.07) is 0. The second-order valence-corrected chi connectivity index (χ2v) is 7.34. The Morgan fingerprint density at radius 3 is 2.47 bits per heavy atom. The molecule has 0 bridgehead atoms. The molecule has 0 aromatic heterocycles. The van der Waals surface area contributed by atoms with Crippen LogP contribution in [-0.2, 0) is 0 Å². The average molecular weight is 235 g/mol. The highest BCUT2D eigenvalue weighted by atomic mass is 14.7. The maximum absolute atomic E-state index is 5.85. The normalized spacial score (nSPS) is 28.4. The molecule has 1 aliphatic carbocycles. The summed E-state index contributed by atoms with van der Waals surface area (Å²) in [6.45, 7) is 11.1. The predicted octanol–water partition coefficient (Wildman–Crippen LogP) is 3.97. The minimum Gasteiger partial charge on any atom is -0.316 e. The van der Waals surface area contributed by atoms with Gasteiger partial charge in [0.15, 0.2) is 0 Å². The van der Waals surface area contributed by atoms with Crippen molar-refractivity contribution in [1.82, 2.24) is 0 Å². The fourth-order valence-corrected chi connectivity index (χ4v) is 3.33. The molecule has 0 radical (unpaired) electrons. The van der Waals surface area contributed by atoms with Crippen molar-refractivity contribution in [2.45, 2.75) is 72.3 Å². The van der Waals surface area contributed by atoms with Gasteiger partial charge in [0, 0.05) is 6.42 Å². The van der Waals surface area contributed by atoms with E-state index in [0.29, 0.717) is 5.41 Å². The predicted molar refractivity (Wildman–Crippen MR) is 75.6 cm³/mol. The lowest BCUT2D eigenvalue weighted by molar-refractivity contribution is 0.128. The van der Waals surface area contributed by atoms with Crippen LogP contribution in [0.3, 0.4) is 0 Å². The molecular weight excluding hydrogens is 206 g/mol. The molecule has 98 valence electrons. The van der Waals surface area contributed by atoms with Crippen LogP contribution in [0.2, 0.25) is 0 Å². The molecule has 2 unspecified atom stereocenters. The lowest BCUT2D eigenvalue weighted by atomic mass is 9.67. The monoisotopic (exact) mass is 235 g/mol. The van der Waals surface area contributed by atoms with Crippen LogP contribution in [0.25, 0.3) is 0 Å². The van der Waals surface area contributed by atoms with Crippen molar-refractivity contribution in [3.63, 3.8) is 0 Å². The minimum absolute atomic E-state index is 0.334. The van der Waals surface area contributed by atoms with Gasteiger partial charge in [-0.2, -0.15) is 0 Å². The highest BCUT2D eigenvalue weighted by Crippen LogP contribution is 2.43. The third-order valence-electron chi connectivity index (χ3n) is 3.57. The Hall–Kier alpha value is -0.480. The first-order valence-corrected chi connectivity index (χ1v) is 6.97. The first kappa shape index (κ1) is 14.6. The number of rotatable bonds is 2. The smallest absolute Gasteiger partial charge is 0.0719 e. The molecule has 1 rings (SSSR count). The van der Waals surface area contributed by atoms with E-state index in [1.54, 1.807) is 0 Å². The van der Waals surface area contributed by atoms with Crippen LogP contribution in [0.4, 0.5) is 0 Å². The fraction of sp³-hybridized carbons (Fsp3) is 0.875. The van der Waals surface area contributed by atoms with Crippen LogP contribution < -0.4 is 5.73 Å². The van der Waals surface area contributed by atoms with Crippen molar-refractivity contribution < 1.29 is 0 Å². The van der Waals surface area contributed by atoms with Gasteiger partial charge in [-0.3, -0.25) is 0 Å². The van der Waals surface area contributed by atoms with E-state index in [9.17, 15) is 0 Å². The molecule has 0 amide bonds. The Balaban J connectivity index is 2.39. The van der Waals surface area contributed by atoms with E-state index in [2.05, 4.69) is 32.6 Å². The Morgan fingerprint density at radius 1 is 1.29 bits per heavy atom. The van der Waals surface area contributed by atoms with Gasteiger partial charge >= 0.3 is 0 Å². The molecule has 1 fully saturated rings. The van der Waals surface area contributed by atoms with Crippen molar-refractivity contribution >= 4 is 0 Å². The summed E-state index contributed by atoms with van der Waals surface area (Å²) in [4.78, 5) is 0. The maximum atomic E-state index is 5.85. The average Bonchev–Trinajstić information content (AvgIpc) is 2.07. The summed E-state index contributed by atoms with van der Waals surface area (Å²) in [6.07, 6.45) is 6.39.